The fourth-order valence-corrected chi connectivity index (χ4v) is 3.91. The first kappa shape index (κ1) is 15.8. The van der Waals surface area contributed by atoms with E-state index in [9.17, 15) is 13.5 Å². The fraction of sp³-hybridized carbons (Fsp3) is 0.571. The number of halogens is 1. The molecule has 0 spiro atoms. The molecular weight excluding hydrogens is 298 g/mol. The molecule has 1 aromatic rings. The number of sulfone groups is 1. The van der Waals surface area contributed by atoms with Crippen LogP contribution in [0.15, 0.2) is 23.1 Å². The maximum Gasteiger partial charge on any atom is 0.175 e. The molecule has 0 saturated heterocycles. The molecule has 0 aromatic heterocycles. The fourth-order valence-electron chi connectivity index (χ4n) is 2.65. The van der Waals surface area contributed by atoms with E-state index in [1.54, 1.807) is 18.2 Å². The van der Waals surface area contributed by atoms with Crippen LogP contribution in [0.3, 0.4) is 0 Å². The molecule has 1 saturated carbocycles. The van der Waals surface area contributed by atoms with Gasteiger partial charge in [-0.25, -0.2) is 8.42 Å². The zero-order valence-electron chi connectivity index (χ0n) is 11.5. The smallest absolute Gasteiger partial charge is 0.175 e. The lowest BCUT2D eigenvalue weighted by Crippen LogP contribution is -2.35. The van der Waals surface area contributed by atoms with Crippen LogP contribution in [-0.4, -0.2) is 31.9 Å². The molecule has 0 radical (unpaired) electrons. The molecule has 2 atom stereocenters. The summed E-state index contributed by atoms with van der Waals surface area (Å²) < 4.78 is 23.6. The van der Waals surface area contributed by atoms with Crippen molar-refractivity contribution >= 4 is 21.4 Å². The lowest BCUT2D eigenvalue weighted by Gasteiger charge is -2.27. The van der Waals surface area contributed by atoms with Gasteiger partial charge in [-0.15, -0.1) is 0 Å². The number of nitrogens with one attached hydrogen (secondary N) is 1. The Bertz CT molecular complexity index is 574. The van der Waals surface area contributed by atoms with E-state index in [1.807, 2.05) is 0 Å². The molecule has 0 amide bonds. The molecule has 2 rings (SSSR count). The molecule has 0 aliphatic heterocycles. The molecule has 2 unspecified atom stereocenters. The average molecular weight is 318 g/mol. The Morgan fingerprint density at radius 3 is 2.80 bits per heavy atom. The Hall–Kier alpha value is -0.620. The van der Waals surface area contributed by atoms with Crippen molar-refractivity contribution in [1.82, 2.24) is 5.32 Å². The van der Waals surface area contributed by atoms with Crippen molar-refractivity contribution < 1.29 is 13.5 Å². The van der Waals surface area contributed by atoms with Gasteiger partial charge >= 0.3 is 0 Å². The van der Waals surface area contributed by atoms with Crippen LogP contribution >= 0.6 is 11.6 Å². The molecule has 4 nitrogen and oxygen atoms in total. The third-order valence-corrected chi connectivity index (χ3v) is 5.22. The van der Waals surface area contributed by atoms with Gasteiger partial charge < -0.3 is 10.4 Å². The summed E-state index contributed by atoms with van der Waals surface area (Å²) >= 11 is 6.13. The number of aliphatic hydroxyl groups excluding tert-OH is 1. The lowest BCUT2D eigenvalue weighted by molar-refractivity contribution is 0.111. The van der Waals surface area contributed by atoms with E-state index in [2.05, 4.69) is 5.32 Å². The van der Waals surface area contributed by atoms with Crippen LogP contribution < -0.4 is 5.32 Å². The van der Waals surface area contributed by atoms with E-state index in [-0.39, 0.29) is 17.0 Å². The van der Waals surface area contributed by atoms with E-state index in [1.165, 1.54) is 6.26 Å². The first-order valence-electron chi connectivity index (χ1n) is 6.77. The van der Waals surface area contributed by atoms with E-state index >= 15 is 0 Å². The molecule has 1 aliphatic rings. The molecule has 1 aromatic carbocycles. The quantitative estimate of drug-likeness (QED) is 0.893. The van der Waals surface area contributed by atoms with E-state index in [0.717, 1.165) is 19.3 Å². The number of hydrogen-bond acceptors (Lipinski definition) is 4. The summed E-state index contributed by atoms with van der Waals surface area (Å²) in [5.41, 5.74) is 0.608. The van der Waals surface area contributed by atoms with Gasteiger partial charge in [0.2, 0.25) is 0 Å². The second kappa shape index (κ2) is 6.43. The van der Waals surface area contributed by atoms with Crippen molar-refractivity contribution in [3.8, 4) is 0 Å². The van der Waals surface area contributed by atoms with Gasteiger partial charge in [0, 0.05) is 29.4 Å². The zero-order valence-corrected chi connectivity index (χ0v) is 13.0. The molecule has 0 heterocycles. The standard InChI is InChI=1S/C14H20ClNO3S/c1-20(18,19)14-7-3-6-13(15)12(14)9-16-10-4-2-5-11(17)8-10/h3,6-7,10-11,16-17H,2,4-5,8-9H2,1H3. The lowest BCUT2D eigenvalue weighted by atomic mass is 9.93. The minimum Gasteiger partial charge on any atom is -0.393 e. The van der Waals surface area contributed by atoms with Crippen molar-refractivity contribution in [2.75, 3.05) is 6.26 Å². The summed E-state index contributed by atoms with van der Waals surface area (Å²) in [4.78, 5) is 0.272. The summed E-state index contributed by atoms with van der Waals surface area (Å²) in [6, 6.07) is 5.13. The second-order valence-corrected chi connectivity index (χ2v) is 7.78. The largest absolute Gasteiger partial charge is 0.393 e. The summed E-state index contributed by atoms with van der Waals surface area (Å²) in [6.07, 6.45) is 4.46. The molecule has 1 aliphatic carbocycles. The van der Waals surface area contributed by atoms with Crippen molar-refractivity contribution in [1.29, 1.82) is 0 Å². The molecule has 6 heteroatoms. The van der Waals surface area contributed by atoms with Crippen LogP contribution in [0.4, 0.5) is 0 Å². The van der Waals surface area contributed by atoms with E-state index in [0.29, 0.717) is 23.6 Å². The Labute approximate surface area is 125 Å². The van der Waals surface area contributed by atoms with Crippen molar-refractivity contribution in [2.24, 2.45) is 0 Å². The average Bonchev–Trinajstić information content (AvgIpc) is 2.36. The highest BCUT2D eigenvalue weighted by Crippen LogP contribution is 2.25. The summed E-state index contributed by atoms with van der Waals surface area (Å²) in [5.74, 6) is 0. The van der Waals surface area contributed by atoms with E-state index < -0.39 is 9.84 Å². The topological polar surface area (TPSA) is 66.4 Å². The van der Waals surface area contributed by atoms with Gasteiger partial charge in [-0.3, -0.25) is 0 Å². The van der Waals surface area contributed by atoms with Crippen LogP contribution in [0.5, 0.6) is 0 Å². The van der Waals surface area contributed by atoms with Crippen molar-refractivity contribution in [3.63, 3.8) is 0 Å². The SMILES string of the molecule is CS(=O)(=O)c1cccc(Cl)c1CNC1CCCC(O)C1. The van der Waals surface area contributed by atoms with Gasteiger partial charge in [0.1, 0.15) is 0 Å². The predicted molar refractivity (Wildman–Crippen MR) is 79.7 cm³/mol. The van der Waals surface area contributed by atoms with Crippen LogP contribution in [-0.2, 0) is 16.4 Å². The number of aliphatic hydroxyl groups is 1. The summed E-state index contributed by atoms with van der Waals surface area (Å²) in [6.45, 7) is 0.402. The van der Waals surface area contributed by atoms with Gasteiger partial charge in [-0.2, -0.15) is 0 Å². The zero-order chi connectivity index (χ0) is 14.8. The Morgan fingerprint density at radius 2 is 2.15 bits per heavy atom. The summed E-state index contributed by atoms with van der Waals surface area (Å²) in [7, 11) is -3.29. The number of hydrogen-bond donors (Lipinski definition) is 2. The monoisotopic (exact) mass is 317 g/mol. The molecule has 20 heavy (non-hydrogen) atoms. The molecular formula is C14H20ClNO3S. The number of rotatable bonds is 4. The third kappa shape index (κ3) is 3.95. The maximum absolute atomic E-state index is 11.8. The van der Waals surface area contributed by atoms with Gasteiger partial charge in [0.25, 0.3) is 0 Å². The first-order chi connectivity index (χ1) is 9.38. The molecule has 1 fully saturated rings. The molecule has 0 bridgehead atoms. The van der Waals surface area contributed by atoms with Crippen molar-refractivity contribution in [2.45, 2.75) is 49.3 Å². The highest BCUT2D eigenvalue weighted by molar-refractivity contribution is 7.90. The van der Waals surface area contributed by atoms with Crippen molar-refractivity contribution in [3.05, 3.63) is 28.8 Å². The van der Waals surface area contributed by atoms with Gasteiger partial charge in [-0.05, 0) is 37.8 Å². The molecule has 112 valence electrons. The van der Waals surface area contributed by atoms with Gasteiger partial charge in [-0.1, -0.05) is 17.7 Å². The summed E-state index contributed by atoms with van der Waals surface area (Å²) in [5, 5.41) is 13.4. The van der Waals surface area contributed by atoms with E-state index in [4.69, 9.17) is 11.6 Å². The predicted octanol–water partition coefficient (Wildman–Crippen LogP) is 2.14. The van der Waals surface area contributed by atoms with Crippen LogP contribution in [0, 0.1) is 0 Å². The van der Waals surface area contributed by atoms with Crippen LogP contribution in [0.25, 0.3) is 0 Å². The third-order valence-electron chi connectivity index (χ3n) is 3.69. The normalized spacial score (nSPS) is 23.8. The second-order valence-electron chi connectivity index (χ2n) is 5.39. The van der Waals surface area contributed by atoms with Gasteiger partial charge in [0.05, 0.1) is 11.0 Å². The maximum atomic E-state index is 11.8. The number of benzene rings is 1. The Balaban J connectivity index is 2.13. The highest BCUT2D eigenvalue weighted by Gasteiger charge is 2.21. The van der Waals surface area contributed by atoms with Crippen LogP contribution in [0.2, 0.25) is 5.02 Å². The first-order valence-corrected chi connectivity index (χ1v) is 9.04. The van der Waals surface area contributed by atoms with Gasteiger partial charge in [0.15, 0.2) is 9.84 Å². The minimum atomic E-state index is -3.29. The Kier molecular flexibility index (Phi) is 5.07. The highest BCUT2D eigenvalue weighted by atomic mass is 35.5. The minimum absolute atomic E-state index is 0.211. The molecule has 2 N–H and O–H groups in total. The van der Waals surface area contributed by atoms with Crippen LogP contribution in [0.1, 0.15) is 31.2 Å². The Morgan fingerprint density at radius 1 is 1.40 bits per heavy atom.